The first-order valence-electron chi connectivity index (χ1n) is 13.0. The van der Waals surface area contributed by atoms with Crippen molar-refractivity contribution >= 4 is 66.4 Å². The van der Waals surface area contributed by atoms with Crippen LogP contribution >= 0.6 is 11.6 Å². The van der Waals surface area contributed by atoms with E-state index in [1.807, 2.05) is 36.4 Å². The van der Waals surface area contributed by atoms with Gasteiger partial charge in [-0.05, 0) is 62.4 Å². The summed E-state index contributed by atoms with van der Waals surface area (Å²) < 4.78 is 36.3. The predicted octanol–water partition coefficient (Wildman–Crippen LogP) is 6.53. The SMILES string of the molecule is CCn1c2ccccc2c2cc(NC(=O)CN(c3cc(Cl)ccc3OC)S(=O)(=O)c3ccc(C)c([N+](=O)[O-])c3)ccc21. The summed E-state index contributed by atoms with van der Waals surface area (Å²) in [7, 11) is -3.14. The first kappa shape index (κ1) is 28.9. The Bertz CT molecular complexity index is 1970. The molecule has 42 heavy (non-hydrogen) atoms. The van der Waals surface area contributed by atoms with Crippen molar-refractivity contribution in [2.24, 2.45) is 0 Å². The first-order chi connectivity index (χ1) is 20.0. The maximum absolute atomic E-state index is 14.0. The van der Waals surface area contributed by atoms with Gasteiger partial charge in [-0.3, -0.25) is 19.2 Å². The van der Waals surface area contributed by atoms with Crippen molar-refractivity contribution in [1.82, 2.24) is 4.57 Å². The van der Waals surface area contributed by atoms with E-state index in [0.29, 0.717) is 11.3 Å². The summed E-state index contributed by atoms with van der Waals surface area (Å²) in [5.74, 6) is -0.494. The van der Waals surface area contributed by atoms with Crippen molar-refractivity contribution in [1.29, 1.82) is 0 Å². The fraction of sp³-hybridized carbons (Fsp3) is 0.167. The van der Waals surface area contributed by atoms with E-state index in [1.54, 1.807) is 6.07 Å². The number of aryl methyl sites for hydroxylation is 2. The number of sulfonamides is 1. The largest absolute Gasteiger partial charge is 0.495 e. The van der Waals surface area contributed by atoms with Crippen LogP contribution < -0.4 is 14.4 Å². The third kappa shape index (κ3) is 5.24. The second-order valence-electron chi connectivity index (χ2n) is 9.57. The molecule has 216 valence electrons. The fourth-order valence-electron chi connectivity index (χ4n) is 5.03. The number of benzene rings is 4. The van der Waals surface area contributed by atoms with E-state index in [9.17, 15) is 23.3 Å². The van der Waals surface area contributed by atoms with Crippen LogP contribution in [0.1, 0.15) is 12.5 Å². The number of nitro groups is 1. The van der Waals surface area contributed by atoms with Gasteiger partial charge in [0.15, 0.2) is 0 Å². The molecule has 4 aromatic carbocycles. The number of rotatable bonds is 9. The van der Waals surface area contributed by atoms with Gasteiger partial charge >= 0.3 is 0 Å². The summed E-state index contributed by atoms with van der Waals surface area (Å²) in [6.07, 6.45) is 0. The molecule has 0 bridgehead atoms. The quantitative estimate of drug-likeness (QED) is 0.150. The number of nitrogens with zero attached hydrogens (tertiary/aromatic N) is 3. The minimum absolute atomic E-state index is 0.00449. The smallest absolute Gasteiger partial charge is 0.273 e. The summed E-state index contributed by atoms with van der Waals surface area (Å²) in [6, 6.07) is 21.4. The molecule has 0 aliphatic heterocycles. The average molecular weight is 607 g/mol. The molecule has 0 saturated heterocycles. The first-order valence-corrected chi connectivity index (χ1v) is 14.8. The number of aromatic nitrogens is 1. The van der Waals surface area contributed by atoms with Crippen LogP contribution in [0.5, 0.6) is 5.75 Å². The summed E-state index contributed by atoms with van der Waals surface area (Å²) in [6.45, 7) is 3.68. The van der Waals surface area contributed by atoms with Crippen LogP contribution in [-0.2, 0) is 21.4 Å². The van der Waals surface area contributed by atoms with Gasteiger partial charge in [-0.15, -0.1) is 0 Å². The Balaban J connectivity index is 1.55. The molecule has 0 unspecified atom stereocenters. The van der Waals surface area contributed by atoms with Crippen LogP contribution in [0.25, 0.3) is 21.8 Å². The second kappa shape index (κ2) is 11.3. The third-order valence-electron chi connectivity index (χ3n) is 7.03. The number of carbonyl (C=O) groups is 1. The Labute approximate surface area is 247 Å². The minimum Gasteiger partial charge on any atom is -0.495 e. The number of hydrogen-bond donors (Lipinski definition) is 1. The van der Waals surface area contributed by atoms with Gasteiger partial charge in [-0.2, -0.15) is 0 Å². The lowest BCUT2D eigenvalue weighted by molar-refractivity contribution is -0.385. The normalized spacial score (nSPS) is 11.5. The highest BCUT2D eigenvalue weighted by molar-refractivity contribution is 7.92. The van der Waals surface area contributed by atoms with Gasteiger partial charge in [-0.25, -0.2) is 8.42 Å². The van der Waals surface area contributed by atoms with Crippen molar-refractivity contribution in [3.8, 4) is 5.75 Å². The summed E-state index contributed by atoms with van der Waals surface area (Å²) in [5, 5.41) is 16.5. The molecule has 10 nitrogen and oxygen atoms in total. The lowest BCUT2D eigenvalue weighted by atomic mass is 10.1. The molecule has 0 radical (unpaired) electrons. The van der Waals surface area contributed by atoms with Crippen LogP contribution in [0.2, 0.25) is 5.02 Å². The zero-order chi connectivity index (χ0) is 30.2. The van der Waals surface area contributed by atoms with E-state index in [4.69, 9.17) is 16.3 Å². The number of amides is 1. The van der Waals surface area contributed by atoms with Gasteiger partial charge in [-0.1, -0.05) is 35.9 Å². The molecule has 5 aromatic rings. The number of halogens is 1. The molecular formula is C30H27ClN4O6S. The predicted molar refractivity (Wildman–Crippen MR) is 164 cm³/mol. The standard InChI is InChI=1S/C30H27ClN4O6S/c1-4-33-25-8-6-5-7-23(25)24-16-21(11-13-26(24)33)32-30(36)18-34(28-15-20(31)10-14-29(28)41-3)42(39,40)22-12-9-19(2)27(17-22)35(37)38/h5-17H,4,18H2,1-3H3,(H,32,36). The van der Waals surface area contributed by atoms with Crippen molar-refractivity contribution in [3.05, 3.63) is 99.6 Å². The average Bonchev–Trinajstić information content (AvgIpc) is 3.28. The van der Waals surface area contributed by atoms with E-state index in [0.717, 1.165) is 38.7 Å². The van der Waals surface area contributed by atoms with Crippen LogP contribution in [0.15, 0.2) is 83.8 Å². The zero-order valence-electron chi connectivity index (χ0n) is 23.0. The highest BCUT2D eigenvalue weighted by atomic mass is 35.5. The number of methoxy groups -OCH3 is 1. The van der Waals surface area contributed by atoms with E-state index in [-0.39, 0.29) is 27.0 Å². The summed E-state index contributed by atoms with van der Waals surface area (Å²) in [5.41, 5.74) is 2.49. The Kier molecular flexibility index (Phi) is 7.81. The molecule has 0 saturated carbocycles. The van der Waals surface area contributed by atoms with Crippen molar-refractivity contribution in [2.45, 2.75) is 25.3 Å². The number of nitro benzene ring substituents is 1. The highest BCUT2D eigenvalue weighted by Crippen LogP contribution is 2.36. The van der Waals surface area contributed by atoms with Crippen molar-refractivity contribution in [2.75, 3.05) is 23.3 Å². The Morgan fingerprint density at radius 1 is 1.02 bits per heavy atom. The van der Waals surface area contributed by atoms with Gasteiger partial charge in [0.2, 0.25) is 5.91 Å². The Hall–Kier alpha value is -4.61. The van der Waals surface area contributed by atoms with Gasteiger partial charge in [0.05, 0.1) is 22.6 Å². The molecule has 0 fully saturated rings. The lowest BCUT2D eigenvalue weighted by Gasteiger charge is -2.26. The van der Waals surface area contributed by atoms with E-state index >= 15 is 0 Å². The van der Waals surface area contributed by atoms with Gasteiger partial charge < -0.3 is 14.6 Å². The van der Waals surface area contributed by atoms with Gasteiger partial charge in [0.1, 0.15) is 12.3 Å². The number of fused-ring (bicyclic) bond motifs is 3. The third-order valence-corrected chi connectivity index (χ3v) is 9.03. The van der Waals surface area contributed by atoms with Crippen LogP contribution in [-0.4, -0.2) is 37.5 Å². The van der Waals surface area contributed by atoms with E-state index in [1.165, 1.54) is 44.4 Å². The molecule has 12 heteroatoms. The zero-order valence-corrected chi connectivity index (χ0v) is 24.6. The molecule has 1 amide bonds. The minimum atomic E-state index is -4.50. The molecule has 5 rings (SSSR count). The summed E-state index contributed by atoms with van der Waals surface area (Å²) in [4.78, 5) is 24.0. The van der Waals surface area contributed by atoms with Crippen LogP contribution in [0.3, 0.4) is 0 Å². The molecule has 1 heterocycles. The molecule has 0 atom stereocenters. The number of ether oxygens (including phenoxy) is 1. The van der Waals surface area contributed by atoms with Crippen LogP contribution in [0.4, 0.5) is 17.1 Å². The fourth-order valence-corrected chi connectivity index (χ4v) is 6.64. The number of nitrogens with one attached hydrogen (secondary N) is 1. The monoisotopic (exact) mass is 606 g/mol. The Morgan fingerprint density at radius 2 is 1.76 bits per heavy atom. The molecular weight excluding hydrogens is 580 g/mol. The summed E-state index contributed by atoms with van der Waals surface area (Å²) >= 11 is 6.22. The van der Waals surface area contributed by atoms with Crippen molar-refractivity contribution < 1.29 is 22.9 Å². The number of hydrogen-bond acceptors (Lipinski definition) is 6. The number of anilines is 2. The van der Waals surface area contributed by atoms with Gasteiger partial charge in [0.25, 0.3) is 15.7 Å². The topological polar surface area (TPSA) is 124 Å². The van der Waals surface area contributed by atoms with Gasteiger partial charge in [0, 0.05) is 50.7 Å². The van der Waals surface area contributed by atoms with Crippen molar-refractivity contribution in [3.63, 3.8) is 0 Å². The molecule has 0 aliphatic rings. The molecule has 1 aromatic heterocycles. The second-order valence-corrected chi connectivity index (χ2v) is 11.9. The molecule has 0 aliphatic carbocycles. The molecule has 1 N–H and O–H groups in total. The number of para-hydroxylation sites is 1. The van der Waals surface area contributed by atoms with E-state index < -0.39 is 27.4 Å². The van der Waals surface area contributed by atoms with Crippen LogP contribution in [0, 0.1) is 17.0 Å². The Morgan fingerprint density at radius 3 is 2.48 bits per heavy atom. The van der Waals surface area contributed by atoms with E-state index in [2.05, 4.69) is 16.8 Å². The lowest BCUT2D eigenvalue weighted by Crippen LogP contribution is -2.38. The number of carbonyl (C=O) groups excluding carboxylic acids is 1. The maximum Gasteiger partial charge on any atom is 0.273 e. The maximum atomic E-state index is 14.0. The molecule has 0 spiro atoms. The highest BCUT2D eigenvalue weighted by Gasteiger charge is 2.31.